The maximum Gasteiger partial charge on any atom is 0.321 e. The second-order valence-electron chi connectivity index (χ2n) is 10.4. The molecule has 198 valence electrons. The monoisotopic (exact) mass is 486 g/mol. The minimum Gasteiger partial charge on any atom is -0.480 e. The van der Waals surface area contributed by atoms with Gasteiger partial charge in [0.2, 0.25) is 0 Å². The first-order valence-corrected chi connectivity index (χ1v) is 15.5. The Bertz CT molecular complexity index is 385. The van der Waals surface area contributed by atoms with Gasteiger partial charge in [-0.15, -0.1) is 11.6 Å². The molecule has 1 unspecified atom stereocenters. The van der Waals surface area contributed by atoms with Gasteiger partial charge in [0.25, 0.3) is 0 Å². The third-order valence-electron chi connectivity index (χ3n) is 7.08. The average molecular weight is 487 g/mol. The van der Waals surface area contributed by atoms with Crippen LogP contribution in [0.25, 0.3) is 0 Å². The first-order valence-electron chi connectivity index (χ1n) is 15.0. The summed E-state index contributed by atoms with van der Waals surface area (Å²) < 4.78 is 0. The Labute approximate surface area is 213 Å². The molecule has 0 saturated carbocycles. The van der Waals surface area contributed by atoms with Crippen LogP contribution in [0.2, 0.25) is 0 Å². The zero-order valence-corrected chi connectivity index (χ0v) is 23.2. The molecule has 0 saturated heterocycles. The fourth-order valence-corrected chi connectivity index (χ4v) is 4.92. The summed E-state index contributed by atoms with van der Waals surface area (Å²) in [7, 11) is 0. The molecule has 0 aliphatic heterocycles. The van der Waals surface area contributed by atoms with Crippen molar-refractivity contribution in [3.63, 3.8) is 0 Å². The number of carboxylic acids is 1. The van der Waals surface area contributed by atoms with Gasteiger partial charge in [-0.25, -0.2) is 0 Å². The van der Waals surface area contributed by atoms with Crippen molar-refractivity contribution in [2.45, 2.75) is 186 Å². The van der Waals surface area contributed by atoms with Crippen molar-refractivity contribution in [1.29, 1.82) is 0 Å². The highest BCUT2D eigenvalue weighted by Crippen LogP contribution is 2.16. The van der Waals surface area contributed by atoms with E-state index in [1.165, 1.54) is 154 Å². The summed E-state index contributed by atoms with van der Waals surface area (Å²) in [6, 6.07) is 0. The SMILES string of the molecule is CCCCCCCCCCCCCCCCCCCCCCCCCCCCC(Cl)C(=O)O. The first kappa shape index (κ1) is 32.8. The standard InChI is InChI=1S/C30H59ClO2/c1-2-3-4-5-6-7-8-9-10-11-12-13-14-15-16-17-18-19-20-21-22-23-24-25-26-27-28-29(31)30(32)33/h29H,2-28H2,1H3,(H,32,33). The smallest absolute Gasteiger partial charge is 0.321 e. The molecule has 0 fully saturated rings. The summed E-state index contributed by atoms with van der Waals surface area (Å²) in [5.74, 6) is -0.878. The van der Waals surface area contributed by atoms with Crippen molar-refractivity contribution in [3.05, 3.63) is 0 Å². The molecular weight excluding hydrogens is 428 g/mol. The predicted molar refractivity (Wildman–Crippen MR) is 148 cm³/mol. The first-order chi connectivity index (χ1) is 16.2. The van der Waals surface area contributed by atoms with Gasteiger partial charge in [0.05, 0.1) is 0 Å². The number of rotatable bonds is 28. The van der Waals surface area contributed by atoms with Crippen LogP contribution < -0.4 is 0 Å². The Morgan fingerprint density at radius 1 is 0.485 bits per heavy atom. The molecule has 0 rings (SSSR count). The number of hydrogen-bond acceptors (Lipinski definition) is 1. The van der Waals surface area contributed by atoms with Gasteiger partial charge in [0, 0.05) is 0 Å². The van der Waals surface area contributed by atoms with E-state index in [-0.39, 0.29) is 0 Å². The Hall–Kier alpha value is -0.240. The molecule has 0 heterocycles. The van der Waals surface area contributed by atoms with E-state index >= 15 is 0 Å². The van der Waals surface area contributed by atoms with Crippen LogP contribution in [0.1, 0.15) is 180 Å². The fourth-order valence-electron chi connectivity index (χ4n) is 4.76. The maximum atomic E-state index is 10.6. The van der Waals surface area contributed by atoms with Gasteiger partial charge >= 0.3 is 5.97 Å². The average Bonchev–Trinajstić information content (AvgIpc) is 2.81. The van der Waals surface area contributed by atoms with Crippen molar-refractivity contribution < 1.29 is 9.90 Å². The summed E-state index contributed by atoms with van der Waals surface area (Å²) in [4.78, 5) is 10.6. The molecule has 3 heteroatoms. The lowest BCUT2D eigenvalue weighted by Gasteiger charge is -2.05. The molecule has 0 aliphatic carbocycles. The van der Waals surface area contributed by atoms with Crippen LogP contribution in [0.15, 0.2) is 0 Å². The molecule has 1 N–H and O–H groups in total. The van der Waals surface area contributed by atoms with Crippen LogP contribution >= 0.6 is 11.6 Å². The summed E-state index contributed by atoms with van der Waals surface area (Å²) in [6.45, 7) is 2.29. The van der Waals surface area contributed by atoms with Gasteiger partial charge in [-0.1, -0.05) is 174 Å². The molecule has 0 spiro atoms. The summed E-state index contributed by atoms with van der Waals surface area (Å²) in [6.07, 6.45) is 36.8. The van der Waals surface area contributed by atoms with E-state index in [1.807, 2.05) is 0 Å². The summed E-state index contributed by atoms with van der Waals surface area (Å²) in [5.41, 5.74) is 0. The quantitative estimate of drug-likeness (QED) is 0.0880. The van der Waals surface area contributed by atoms with Gasteiger partial charge < -0.3 is 5.11 Å². The van der Waals surface area contributed by atoms with Gasteiger partial charge in [0.15, 0.2) is 0 Å². The molecule has 0 radical (unpaired) electrons. The summed E-state index contributed by atoms with van der Waals surface area (Å²) >= 11 is 5.72. The van der Waals surface area contributed by atoms with E-state index in [1.54, 1.807) is 0 Å². The Morgan fingerprint density at radius 2 is 0.697 bits per heavy atom. The van der Waals surface area contributed by atoms with Crippen molar-refractivity contribution in [1.82, 2.24) is 0 Å². The molecule has 33 heavy (non-hydrogen) atoms. The van der Waals surface area contributed by atoms with E-state index in [2.05, 4.69) is 6.92 Å². The number of halogens is 1. The number of aliphatic carboxylic acids is 1. The van der Waals surface area contributed by atoms with Crippen molar-refractivity contribution >= 4 is 17.6 Å². The van der Waals surface area contributed by atoms with Crippen LogP contribution in [0.3, 0.4) is 0 Å². The molecule has 0 aromatic carbocycles. The number of unbranched alkanes of at least 4 members (excludes halogenated alkanes) is 25. The molecule has 0 aromatic heterocycles. The molecule has 2 nitrogen and oxygen atoms in total. The Morgan fingerprint density at radius 3 is 0.909 bits per heavy atom. The minimum absolute atomic E-state index is 0.607. The third-order valence-corrected chi connectivity index (χ3v) is 7.48. The lowest BCUT2D eigenvalue weighted by atomic mass is 10.0. The van der Waals surface area contributed by atoms with E-state index in [4.69, 9.17) is 16.7 Å². The third kappa shape index (κ3) is 27.9. The summed E-state index contributed by atoms with van der Waals surface area (Å²) in [5, 5.41) is 8.05. The predicted octanol–water partition coefficient (Wildman–Crippen LogP) is 11.2. The minimum atomic E-state index is -0.878. The molecule has 0 amide bonds. The van der Waals surface area contributed by atoms with Gasteiger partial charge in [-0.2, -0.15) is 0 Å². The van der Waals surface area contributed by atoms with Gasteiger partial charge in [0.1, 0.15) is 5.38 Å². The van der Waals surface area contributed by atoms with E-state index in [0.29, 0.717) is 6.42 Å². The number of alkyl halides is 1. The molecule has 0 aliphatic rings. The van der Waals surface area contributed by atoms with E-state index < -0.39 is 11.3 Å². The number of hydrogen-bond donors (Lipinski definition) is 1. The van der Waals surface area contributed by atoms with Crippen LogP contribution in [0, 0.1) is 0 Å². The largest absolute Gasteiger partial charge is 0.480 e. The molecule has 1 atom stereocenters. The van der Waals surface area contributed by atoms with Crippen LogP contribution in [-0.2, 0) is 4.79 Å². The van der Waals surface area contributed by atoms with Gasteiger partial charge in [-0.3, -0.25) is 4.79 Å². The highest BCUT2D eigenvalue weighted by Gasteiger charge is 2.11. The van der Waals surface area contributed by atoms with E-state index in [0.717, 1.165) is 12.8 Å². The second kappa shape index (κ2) is 28.0. The highest BCUT2D eigenvalue weighted by molar-refractivity contribution is 6.29. The topological polar surface area (TPSA) is 37.3 Å². The number of carbonyl (C=O) groups is 1. The zero-order valence-electron chi connectivity index (χ0n) is 22.4. The molecule has 0 aromatic rings. The van der Waals surface area contributed by atoms with Gasteiger partial charge in [-0.05, 0) is 6.42 Å². The van der Waals surface area contributed by atoms with E-state index in [9.17, 15) is 4.79 Å². The Balaban J connectivity index is 3.04. The fraction of sp³-hybridized carbons (Fsp3) is 0.967. The lowest BCUT2D eigenvalue weighted by molar-refractivity contribution is -0.136. The Kier molecular flexibility index (Phi) is 27.8. The maximum absolute atomic E-state index is 10.6. The van der Waals surface area contributed by atoms with Crippen molar-refractivity contribution in [3.8, 4) is 0 Å². The second-order valence-corrected chi connectivity index (χ2v) is 11.0. The highest BCUT2D eigenvalue weighted by atomic mass is 35.5. The molecule has 0 bridgehead atoms. The number of carboxylic acid groups (broad SMARTS) is 1. The lowest BCUT2D eigenvalue weighted by Crippen LogP contribution is -2.12. The normalized spacial score (nSPS) is 12.3. The van der Waals surface area contributed by atoms with Crippen LogP contribution in [0.5, 0.6) is 0 Å². The molecular formula is C30H59ClO2. The van der Waals surface area contributed by atoms with Crippen LogP contribution in [-0.4, -0.2) is 16.5 Å². The van der Waals surface area contributed by atoms with Crippen molar-refractivity contribution in [2.75, 3.05) is 0 Å². The van der Waals surface area contributed by atoms with Crippen molar-refractivity contribution in [2.24, 2.45) is 0 Å². The van der Waals surface area contributed by atoms with Crippen LogP contribution in [0.4, 0.5) is 0 Å². The zero-order chi connectivity index (χ0) is 24.2.